The Bertz CT molecular complexity index is 1420. The van der Waals surface area contributed by atoms with Gasteiger partial charge >= 0.3 is 0 Å². The molecule has 4 amide bonds. The lowest BCUT2D eigenvalue weighted by Gasteiger charge is -2.14. The largest absolute Gasteiger partial charge is 0.301 e. The second-order valence-electron chi connectivity index (χ2n) is 11.2. The zero-order valence-corrected chi connectivity index (χ0v) is 32.0. The summed E-state index contributed by atoms with van der Waals surface area (Å²) in [4.78, 5) is 54.8. The van der Waals surface area contributed by atoms with Gasteiger partial charge in [0.05, 0.1) is 9.81 Å². The van der Waals surface area contributed by atoms with E-state index in [0.717, 1.165) is 84.9 Å². The van der Waals surface area contributed by atoms with Gasteiger partial charge in [-0.2, -0.15) is 0 Å². The molecule has 0 aliphatic carbocycles. The lowest BCUT2D eigenvalue weighted by atomic mass is 10.2. The summed E-state index contributed by atoms with van der Waals surface area (Å²) in [5, 5.41) is 24.8. The van der Waals surface area contributed by atoms with Crippen LogP contribution in [-0.4, -0.2) is 75.6 Å². The van der Waals surface area contributed by atoms with Crippen molar-refractivity contribution in [3.8, 4) is 0 Å². The molecular weight excluding hydrogens is 729 g/mol. The van der Waals surface area contributed by atoms with E-state index in [1.165, 1.54) is 32.5 Å². The van der Waals surface area contributed by atoms with Crippen molar-refractivity contribution < 1.29 is 19.2 Å². The van der Waals surface area contributed by atoms with Gasteiger partial charge in [-0.3, -0.25) is 29.0 Å². The predicted molar refractivity (Wildman–Crippen MR) is 202 cm³/mol. The van der Waals surface area contributed by atoms with Crippen molar-refractivity contribution in [1.29, 1.82) is 0 Å². The van der Waals surface area contributed by atoms with Crippen LogP contribution in [0.4, 0.5) is 10.3 Å². The minimum absolute atomic E-state index is 0.105. The summed E-state index contributed by atoms with van der Waals surface area (Å²) in [6.07, 6.45) is 10.8. The molecule has 2 N–H and O–H groups in total. The molecule has 0 bridgehead atoms. The van der Waals surface area contributed by atoms with Crippen LogP contribution < -0.4 is 10.6 Å². The minimum Gasteiger partial charge on any atom is -0.301 e. The first-order valence-electron chi connectivity index (χ1n) is 16.3. The average Bonchev–Trinajstić information content (AvgIpc) is 3.83. The van der Waals surface area contributed by atoms with Gasteiger partial charge in [0.15, 0.2) is 0 Å². The van der Waals surface area contributed by atoms with Gasteiger partial charge in [0.2, 0.25) is 22.1 Å². The van der Waals surface area contributed by atoms with Gasteiger partial charge in [-0.25, -0.2) is 0 Å². The van der Waals surface area contributed by atoms with Gasteiger partial charge in [-0.05, 0) is 38.5 Å². The Morgan fingerprint density at radius 2 is 1.04 bits per heavy atom. The molecule has 0 spiro atoms. The lowest BCUT2D eigenvalue weighted by Crippen LogP contribution is -2.31. The summed E-state index contributed by atoms with van der Waals surface area (Å²) in [5.41, 5.74) is 0. The Hall–Kier alpha value is -2.38. The number of aromatic nitrogens is 4. The number of aryl methyl sites for hydroxylation is 2. The van der Waals surface area contributed by atoms with Gasteiger partial charge in [-0.15, -0.1) is 20.4 Å². The maximum Gasteiger partial charge on any atom is 0.267 e. The molecule has 2 aliphatic heterocycles. The molecule has 4 heterocycles. The van der Waals surface area contributed by atoms with Crippen molar-refractivity contribution in [1.82, 2.24) is 30.2 Å². The minimum atomic E-state index is -0.280. The number of hydrogen-bond donors (Lipinski definition) is 2. The fraction of sp³-hybridized carbons (Fsp3) is 0.600. The van der Waals surface area contributed by atoms with E-state index in [1.54, 1.807) is 0 Å². The first kappa shape index (κ1) is 38.4. The number of thiocarbonyl (C=S) groups is 2. The van der Waals surface area contributed by atoms with Crippen LogP contribution in [0.15, 0.2) is 9.81 Å². The highest BCUT2D eigenvalue weighted by Gasteiger charge is 2.41. The van der Waals surface area contributed by atoms with E-state index >= 15 is 0 Å². The normalized spacial score (nSPS) is 16.5. The van der Waals surface area contributed by atoms with Crippen LogP contribution in [0.3, 0.4) is 0 Å². The molecule has 2 aromatic heterocycles. The summed E-state index contributed by atoms with van der Waals surface area (Å²) in [7, 11) is 0. The van der Waals surface area contributed by atoms with Crippen molar-refractivity contribution in [2.75, 3.05) is 23.7 Å². The maximum absolute atomic E-state index is 13.3. The maximum atomic E-state index is 13.3. The van der Waals surface area contributed by atoms with E-state index in [4.69, 9.17) is 24.4 Å². The molecule has 0 unspecified atom stereocenters. The van der Waals surface area contributed by atoms with Crippen molar-refractivity contribution in [3.63, 3.8) is 0 Å². The van der Waals surface area contributed by atoms with Gasteiger partial charge in [-0.1, -0.05) is 110 Å². The van der Waals surface area contributed by atoms with Gasteiger partial charge < -0.3 is 10.6 Å². The summed E-state index contributed by atoms with van der Waals surface area (Å²) in [5.74, 6) is -0.770. The van der Waals surface area contributed by atoms with E-state index in [2.05, 4.69) is 44.9 Å². The number of rotatable bonds is 20. The quantitative estimate of drug-likeness (QED) is 0.0838. The number of unbranched alkanes of at least 4 members (excludes halogenated alkanes) is 6. The Morgan fingerprint density at radius 1 is 0.625 bits per heavy atom. The number of nitrogens with zero attached hydrogens (tertiary/aromatic N) is 6. The molecule has 2 aliphatic rings. The first-order valence-corrected chi connectivity index (χ1v) is 20.3. The zero-order chi connectivity index (χ0) is 34.5. The smallest absolute Gasteiger partial charge is 0.267 e. The van der Waals surface area contributed by atoms with Crippen LogP contribution in [0.1, 0.15) is 101 Å². The van der Waals surface area contributed by atoms with Gasteiger partial charge in [0, 0.05) is 38.8 Å². The number of nitrogens with one attached hydrogen (secondary N) is 2. The van der Waals surface area contributed by atoms with Crippen molar-refractivity contribution in [2.24, 2.45) is 0 Å². The van der Waals surface area contributed by atoms with E-state index in [9.17, 15) is 19.2 Å². The van der Waals surface area contributed by atoms with E-state index in [-0.39, 0.29) is 23.6 Å². The average molecular weight is 769 g/mol. The van der Waals surface area contributed by atoms with E-state index in [1.807, 2.05) is 0 Å². The molecule has 18 heteroatoms. The van der Waals surface area contributed by atoms with Crippen LogP contribution in [0, 0.1) is 0 Å². The van der Waals surface area contributed by atoms with E-state index < -0.39 is 0 Å². The molecule has 0 saturated carbocycles. The molecule has 2 saturated heterocycles. The molecule has 260 valence electrons. The third-order valence-corrected chi connectivity index (χ3v) is 12.2. The van der Waals surface area contributed by atoms with Crippen molar-refractivity contribution in [3.05, 3.63) is 19.8 Å². The SMILES string of the molecule is CCCCc1nnc(NC(=O)CCCCCN2C(=O)C(=C3SC(=S)N(CCCCCC(=O)Nc4nnc(CCCC)s4)C3=O)SC2=S)s1. The number of thioether (sulfide) groups is 2. The fourth-order valence-electron chi connectivity index (χ4n) is 4.75. The topological polar surface area (TPSA) is 150 Å². The standard InChI is InChI=1S/C30H40N8O4S6/c1-3-5-15-21-33-35-27(45-21)31-19(39)13-9-7-11-17-37-25(41)23(47-29(37)43)24-26(42)38(30(44)48-24)18-12-8-10-14-20(40)32-28-36-34-22(46-28)16-6-4-2/h3-18H2,1-2H3,(H,31,35,39)(H,32,36,40). The Balaban J connectivity index is 1.14. The molecule has 48 heavy (non-hydrogen) atoms. The Morgan fingerprint density at radius 3 is 1.44 bits per heavy atom. The van der Waals surface area contributed by atoms with Crippen molar-refractivity contribution in [2.45, 2.75) is 104 Å². The third-order valence-electron chi connectivity index (χ3n) is 7.39. The van der Waals surface area contributed by atoms with Crippen molar-refractivity contribution >= 4 is 113 Å². The second kappa shape index (κ2) is 19.7. The second-order valence-corrected chi connectivity index (χ2v) is 16.6. The fourth-order valence-corrected chi connectivity index (χ4v) is 9.12. The summed E-state index contributed by atoms with van der Waals surface area (Å²) in [6, 6.07) is 0. The Labute approximate surface area is 308 Å². The van der Waals surface area contributed by atoms with Crippen LogP contribution in [0.5, 0.6) is 0 Å². The molecule has 2 fully saturated rings. The number of hydrogen-bond acceptors (Lipinski definition) is 14. The third kappa shape index (κ3) is 11.3. The van der Waals surface area contributed by atoms with E-state index in [0.29, 0.717) is 80.3 Å². The summed E-state index contributed by atoms with van der Waals surface area (Å²) < 4.78 is 0.828. The molecule has 2 aromatic rings. The molecule has 4 rings (SSSR count). The highest BCUT2D eigenvalue weighted by molar-refractivity contribution is 8.29. The molecule has 0 radical (unpaired) electrons. The number of carbonyl (C=O) groups is 4. The molecule has 12 nitrogen and oxygen atoms in total. The number of anilines is 2. The van der Waals surface area contributed by atoms with Crippen LogP contribution >= 0.6 is 70.6 Å². The summed E-state index contributed by atoms with van der Waals surface area (Å²) in [6.45, 7) is 5.07. The molecular formula is C30H40N8O4S6. The van der Waals surface area contributed by atoms with Gasteiger partial charge in [0.1, 0.15) is 18.7 Å². The predicted octanol–water partition coefficient (Wildman–Crippen LogP) is 6.71. The highest BCUT2D eigenvalue weighted by Crippen LogP contribution is 2.42. The monoisotopic (exact) mass is 768 g/mol. The molecule has 0 aromatic carbocycles. The summed E-state index contributed by atoms with van der Waals surface area (Å²) >= 11 is 16.0. The van der Waals surface area contributed by atoms with Crippen LogP contribution in [-0.2, 0) is 32.0 Å². The zero-order valence-electron chi connectivity index (χ0n) is 27.1. The Kier molecular flexibility index (Phi) is 15.8. The molecule has 0 atom stereocenters. The van der Waals surface area contributed by atoms with Crippen LogP contribution in [0.25, 0.3) is 0 Å². The van der Waals surface area contributed by atoms with Crippen LogP contribution in [0.2, 0.25) is 0 Å². The first-order chi connectivity index (χ1) is 23.2. The number of carbonyl (C=O) groups excluding carboxylic acids is 4. The lowest BCUT2D eigenvalue weighted by molar-refractivity contribution is -0.124. The highest BCUT2D eigenvalue weighted by atomic mass is 32.2. The number of amides is 4. The van der Waals surface area contributed by atoms with Gasteiger partial charge in [0.25, 0.3) is 11.8 Å².